The van der Waals surface area contributed by atoms with Gasteiger partial charge in [-0.2, -0.15) is 26.8 Å². The molecule has 1 aromatic rings. The average molecular weight is 368 g/mol. The Hall–Kier alpha value is -0.510. The van der Waals surface area contributed by atoms with E-state index in [0.29, 0.717) is 12.5 Å². The molecule has 0 aliphatic carbocycles. The lowest BCUT2D eigenvalue weighted by atomic mass is 10.5. The van der Waals surface area contributed by atoms with Crippen LogP contribution in [-0.2, 0) is 13.6 Å². The average Bonchev–Trinajstić information content (AvgIpc) is 2.73. The second kappa shape index (κ2) is 7.04. The fourth-order valence-corrected chi connectivity index (χ4v) is 2.42. The zero-order valence-electron chi connectivity index (χ0n) is 9.74. The molecule has 1 fully saturated rings. The molecule has 0 unspecified atom stereocenters. The fraction of sp³-hybridized carbons (Fsp3) is 0.667. The van der Waals surface area contributed by atoms with Crippen LogP contribution in [0.15, 0.2) is 11.2 Å². The summed E-state index contributed by atoms with van der Waals surface area (Å²) in [6, 6.07) is 0. The highest BCUT2D eigenvalue weighted by Crippen LogP contribution is 2.08. The van der Waals surface area contributed by atoms with Gasteiger partial charge in [0.1, 0.15) is 5.69 Å². The van der Waals surface area contributed by atoms with Gasteiger partial charge in [-0.05, 0) is 0 Å². The standard InChI is InChI=1S/C9H16N6S.HI/c1-14-12-7-8(13-14)6-11-9(10)15-2-4-16-5-3-15;/h7H,2-6H2,1H3,(H2,10,11);1H. The number of nitrogens with zero attached hydrogens (tertiary/aromatic N) is 5. The summed E-state index contributed by atoms with van der Waals surface area (Å²) in [6.07, 6.45) is 1.71. The van der Waals surface area contributed by atoms with E-state index in [2.05, 4.69) is 20.1 Å². The van der Waals surface area contributed by atoms with Gasteiger partial charge in [-0.15, -0.1) is 24.0 Å². The maximum Gasteiger partial charge on any atom is 0.191 e. The predicted octanol–water partition coefficient (Wildman–Crippen LogP) is 0.297. The van der Waals surface area contributed by atoms with Crippen molar-refractivity contribution in [1.82, 2.24) is 19.9 Å². The zero-order valence-corrected chi connectivity index (χ0v) is 12.9. The van der Waals surface area contributed by atoms with Crippen LogP contribution in [0.2, 0.25) is 0 Å². The Balaban J connectivity index is 0.00000144. The minimum absolute atomic E-state index is 0. The van der Waals surface area contributed by atoms with E-state index < -0.39 is 0 Å². The van der Waals surface area contributed by atoms with E-state index >= 15 is 0 Å². The maximum atomic E-state index is 5.91. The summed E-state index contributed by atoms with van der Waals surface area (Å²) in [5.41, 5.74) is 6.76. The molecule has 0 bridgehead atoms. The van der Waals surface area contributed by atoms with E-state index in [4.69, 9.17) is 5.73 Å². The highest BCUT2D eigenvalue weighted by atomic mass is 127. The molecule has 6 nitrogen and oxygen atoms in total. The summed E-state index contributed by atoms with van der Waals surface area (Å²) < 4.78 is 0. The van der Waals surface area contributed by atoms with Crippen LogP contribution in [0.1, 0.15) is 5.69 Å². The second-order valence-corrected chi connectivity index (χ2v) is 4.82. The first kappa shape index (κ1) is 14.6. The maximum absolute atomic E-state index is 5.91. The molecule has 2 heterocycles. The zero-order chi connectivity index (χ0) is 11.4. The number of aliphatic imine (C=N–C) groups is 1. The van der Waals surface area contributed by atoms with Crippen LogP contribution >= 0.6 is 35.7 Å². The number of hydrogen-bond acceptors (Lipinski definition) is 4. The number of halogens is 1. The van der Waals surface area contributed by atoms with E-state index in [9.17, 15) is 0 Å². The fourth-order valence-electron chi connectivity index (χ4n) is 1.51. The largest absolute Gasteiger partial charge is 0.370 e. The van der Waals surface area contributed by atoms with E-state index in [1.54, 1.807) is 13.2 Å². The Morgan fingerprint density at radius 2 is 2.24 bits per heavy atom. The lowest BCUT2D eigenvalue weighted by Gasteiger charge is -2.27. The smallest absolute Gasteiger partial charge is 0.191 e. The first-order chi connectivity index (χ1) is 7.75. The summed E-state index contributed by atoms with van der Waals surface area (Å²) in [5, 5.41) is 8.13. The van der Waals surface area contributed by atoms with Crippen molar-refractivity contribution in [1.29, 1.82) is 0 Å². The van der Waals surface area contributed by atoms with Crippen molar-refractivity contribution < 1.29 is 0 Å². The molecule has 0 radical (unpaired) electrons. The minimum atomic E-state index is 0. The van der Waals surface area contributed by atoms with E-state index in [-0.39, 0.29) is 24.0 Å². The van der Waals surface area contributed by atoms with Crippen LogP contribution in [0.25, 0.3) is 0 Å². The van der Waals surface area contributed by atoms with Crippen LogP contribution in [0, 0.1) is 0 Å². The molecule has 8 heteroatoms. The summed E-state index contributed by atoms with van der Waals surface area (Å²) in [4.78, 5) is 7.97. The third kappa shape index (κ3) is 4.34. The molecule has 1 aromatic heterocycles. The van der Waals surface area contributed by atoms with Crippen molar-refractivity contribution in [2.45, 2.75) is 6.54 Å². The van der Waals surface area contributed by atoms with Crippen LogP contribution in [-0.4, -0.2) is 50.4 Å². The van der Waals surface area contributed by atoms with E-state index in [0.717, 1.165) is 30.3 Å². The third-order valence-corrected chi connectivity index (χ3v) is 3.33. The van der Waals surface area contributed by atoms with Gasteiger partial charge in [-0.3, -0.25) is 0 Å². The minimum Gasteiger partial charge on any atom is -0.370 e. The molecule has 2 N–H and O–H groups in total. The lowest BCUT2D eigenvalue weighted by molar-refractivity contribution is 0.455. The van der Waals surface area contributed by atoms with Gasteiger partial charge in [-0.1, -0.05) is 0 Å². The van der Waals surface area contributed by atoms with Crippen molar-refractivity contribution in [2.75, 3.05) is 24.6 Å². The number of hydrogen-bond donors (Lipinski definition) is 1. The number of guanidine groups is 1. The first-order valence-corrected chi connectivity index (χ1v) is 6.39. The van der Waals surface area contributed by atoms with Gasteiger partial charge < -0.3 is 10.6 Å². The number of rotatable bonds is 2. The molecule has 1 aliphatic heterocycles. The monoisotopic (exact) mass is 368 g/mol. The topological polar surface area (TPSA) is 72.3 Å². The van der Waals surface area contributed by atoms with Crippen molar-refractivity contribution in [3.63, 3.8) is 0 Å². The molecule has 0 saturated carbocycles. The molecule has 17 heavy (non-hydrogen) atoms. The summed E-state index contributed by atoms with van der Waals surface area (Å²) in [6.45, 7) is 2.48. The molecule has 0 spiro atoms. The Labute approximate surface area is 122 Å². The van der Waals surface area contributed by atoms with Crippen LogP contribution in [0.3, 0.4) is 0 Å². The number of nitrogens with two attached hydrogens (primary N) is 1. The Morgan fingerprint density at radius 1 is 1.53 bits per heavy atom. The highest BCUT2D eigenvalue weighted by Gasteiger charge is 2.11. The van der Waals surface area contributed by atoms with Crippen LogP contribution < -0.4 is 5.73 Å². The van der Waals surface area contributed by atoms with Crippen molar-refractivity contribution >= 4 is 41.7 Å². The second-order valence-electron chi connectivity index (χ2n) is 3.60. The first-order valence-electron chi connectivity index (χ1n) is 5.23. The van der Waals surface area contributed by atoms with Gasteiger partial charge in [0, 0.05) is 31.6 Å². The van der Waals surface area contributed by atoms with Gasteiger partial charge in [0.2, 0.25) is 0 Å². The Morgan fingerprint density at radius 3 is 2.82 bits per heavy atom. The highest BCUT2D eigenvalue weighted by molar-refractivity contribution is 14.0. The normalized spacial score (nSPS) is 16.8. The van der Waals surface area contributed by atoms with Crippen LogP contribution in [0.4, 0.5) is 0 Å². The summed E-state index contributed by atoms with van der Waals surface area (Å²) in [7, 11) is 1.79. The number of aryl methyl sites for hydroxylation is 1. The SMILES string of the molecule is Cn1ncc(CN=C(N)N2CCSCC2)n1.I. The molecule has 1 saturated heterocycles. The molecule has 2 rings (SSSR count). The lowest BCUT2D eigenvalue weighted by Crippen LogP contribution is -2.42. The molecule has 1 aliphatic rings. The van der Waals surface area contributed by atoms with Gasteiger partial charge in [0.15, 0.2) is 5.96 Å². The Kier molecular flexibility index (Phi) is 6.03. The van der Waals surface area contributed by atoms with Gasteiger partial charge >= 0.3 is 0 Å². The van der Waals surface area contributed by atoms with Gasteiger partial charge in [-0.25, -0.2) is 4.99 Å². The Bertz CT molecular complexity index is 373. The molecule has 0 atom stereocenters. The van der Waals surface area contributed by atoms with E-state index in [1.807, 2.05) is 11.8 Å². The van der Waals surface area contributed by atoms with Gasteiger partial charge in [0.25, 0.3) is 0 Å². The molecule has 0 amide bonds. The number of thioether (sulfide) groups is 1. The quantitative estimate of drug-likeness (QED) is 0.462. The molecular formula is C9H17IN6S. The molecule has 96 valence electrons. The predicted molar refractivity (Wildman–Crippen MR) is 80.6 cm³/mol. The van der Waals surface area contributed by atoms with Gasteiger partial charge in [0.05, 0.1) is 12.7 Å². The summed E-state index contributed by atoms with van der Waals surface area (Å²) >= 11 is 1.96. The summed E-state index contributed by atoms with van der Waals surface area (Å²) in [5.74, 6) is 2.87. The third-order valence-electron chi connectivity index (χ3n) is 2.39. The van der Waals surface area contributed by atoms with Crippen molar-refractivity contribution in [2.24, 2.45) is 17.8 Å². The molecular weight excluding hydrogens is 351 g/mol. The van der Waals surface area contributed by atoms with E-state index in [1.165, 1.54) is 4.80 Å². The van der Waals surface area contributed by atoms with Crippen molar-refractivity contribution in [3.8, 4) is 0 Å². The molecule has 0 aromatic carbocycles. The van der Waals surface area contributed by atoms with Crippen molar-refractivity contribution in [3.05, 3.63) is 11.9 Å². The van der Waals surface area contributed by atoms with Crippen LogP contribution in [0.5, 0.6) is 0 Å². The number of aromatic nitrogens is 3.